The molecule has 0 radical (unpaired) electrons. The molecule has 0 bridgehead atoms. The molecule has 0 atom stereocenters. The van der Waals surface area contributed by atoms with Gasteiger partial charge in [0.1, 0.15) is 0 Å². The Balaban J connectivity index is -0.000000151. The molecular formula is C6H9KNNaO3S. The molecule has 0 saturated carbocycles. The van der Waals surface area contributed by atoms with Crippen LogP contribution >= 0.6 is 0 Å². The van der Waals surface area contributed by atoms with Crippen molar-refractivity contribution >= 4 is 15.8 Å². The summed E-state index contributed by atoms with van der Waals surface area (Å²) in [4.78, 5) is -0.147. The molecule has 0 heterocycles. The molecule has 3 N–H and O–H groups in total. The van der Waals surface area contributed by atoms with Crippen LogP contribution in [0.3, 0.4) is 0 Å². The Bertz CT molecular complexity index is 359. The van der Waals surface area contributed by atoms with Gasteiger partial charge in [-0.25, -0.2) is 0 Å². The average molecular weight is 237 g/mol. The number of anilines is 1. The zero-order valence-electron chi connectivity index (χ0n) is 9.56. The summed E-state index contributed by atoms with van der Waals surface area (Å²) in [5.41, 5.74) is 5.75. The SMILES string of the molecule is Nc1ccc(S(=O)(=O)O)cc1.[H-].[H-].[K+].[Na+]. The maximum Gasteiger partial charge on any atom is 1.00 e. The minimum atomic E-state index is -4.08. The van der Waals surface area contributed by atoms with E-state index in [0.29, 0.717) is 5.69 Å². The van der Waals surface area contributed by atoms with Crippen LogP contribution < -0.4 is 86.7 Å². The standard InChI is InChI=1S/C6H7NO3S.K.Na.2H/c7-5-1-3-6(4-2-5)11(8,9)10;;;;/h1-4H,7H2,(H,8,9,10);;;;/q;2*+1;2*-1. The van der Waals surface area contributed by atoms with Gasteiger partial charge in [0.25, 0.3) is 10.1 Å². The minimum Gasteiger partial charge on any atom is -1.00 e. The van der Waals surface area contributed by atoms with Crippen molar-refractivity contribution in [2.45, 2.75) is 4.90 Å². The first-order chi connectivity index (χ1) is 5.00. The van der Waals surface area contributed by atoms with Gasteiger partial charge in [-0.3, -0.25) is 4.55 Å². The van der Waals surface area contributed by atoms with E-state index in [2.05, 4.69) is 0 Å². The number of rotatable bonds is 1. The van der Waals surface area contributed by atoms with Crippen LogP contribution in [0.1, 0.15) is 2.85 Å². The van der Waals surface area contributed by atoms with E-state index in [0.717, 1.165) is 0 Å². The molecule has 0 aliphatic heterocycles. The van der Waals surface area contributed by atoms with Crippen LogP contribution in [0.2, 0.25) is 0 Å². The molecule has 1 aromatic carbocycles. The van der Waals surface area contributed by atoms with Gasteiger partial charge in [0.05, 0.1) is 4.90 Å². The molecule has 64 valence electrons. The van der Waals surface area contributed by atoms with E-state index < -0.39 is 10.1 Å². The van der Waals surface area contributed by atoms with Gasteiger partial charge in [0, 0.05) is 5.69 Å². The van der Waals surface area contributed by atoms with Crippen LogP contribution in [0, 0.1) is 0 Å². The summed E-state index contributed by atoms with van der Waals surface area (Å²) in [6, 6.07) is 5.29. The van der Waals surface area contributed by atoms with Crippen molar-refractivity contribution in [3.63, 3.8) is 0 Å². The summed E-state index contributed by atoms with van der Waals surface area (Å²) >= 11 is 0. The van der Waals surface area contributed by atoms with E-state index >= 15 is 0 Å². The van der Waals surface area contributed by atoms with Crippen molar-refractivity contribution in [3.05, 3.63) is 24.3 Å². The van der Waals surface area contributed by atoms with Crippen LogP contribution in [-0.2, 0) is 10.1 Å². The molecule has 1 rings (SSSR count). The fourth-order valence-electron chi connectivity index (χ4n) is 0.640. The fourth-order valence-corrected chi connectivity index (χ4v) is 1.12. The summed E-state index contributed by atoms with van der Waals surface area (Å²) in [5.74, 6) is 0. The maximum absolute atomic E-state index is 10.5. The van der Waals surface area contributed by atoms with Gasteiger partial charge in [-0.05, 0) is 24.3 Å². The summed E-state index contributed by atoms with van der Waals surface area (Å²) in [5, 5.41) is 0. The largest absolute Gasteiger partial charge is 1.00 e. The van der Waals surface area contributed by atoms with Gasteiger partial charge in [-0.1, -0.05) is 0 Å². The molecule has 7 heteroatoms. The van der Waals surface area contributed by atoms with Crippen molar-refractivity contribution < 1.29 is 96.8 Å². The molecule has 0 saturated heterocycles. The number of nitrogens with two attached hydrogens (primary N) is 1. The Hall–Kier alpha value is 1.57. The van der Waals surface area contributed by atoms with E-state index in [1.165, 1.54) is 24.3 Å². The number of benzene rings is 1. The minimum absolute atomic E-state index is 0. The molecular weight excluding hydrogens is 228 g/mol. The summed E-state index contributed by atoms with van der Waals surface area (Å²) < 4.78 is 29.4. The third-order valence-corrected chi connectivity index (χ3v) is 2.05. The molecule has 4 nitrogen and oxygen atoms in total. The van der Waals surface area contributed by atoms with Gasteiger partial charge in [-0.15, -0.1) is 0 Å². The topological polar surface area (TPSA) is 80.4 Å². The summed E-state index contributed by atoms with van der Waals surface area (Å²) in [6.45, 7) is 0. The fraction of sp³-hybridized carbons (Fsp3) is 0. The summed E-state index contributed by atoms with van der Waals surface area (Å²) in [7, 11) is -4.08. The van der Waals surface area contributed by atoms with Crippen LogP contribution in [-0.4, -0.2) is 13.0 Å². The molecule has 0 spiro atoms. The van der Waals surface area contributed by atoms with E-state index in [4.69, 9.17) is 10.3 Å². The third-order valence-electron chi connectivity index (χ3n) is 1.18. The van der Waals surface area contributed by atoms with Crippen LogP contribution in [0.25, 0.3) is 0 Å². The first kappa shape index (κ1) is 17.0. The Morgan fingerprint density at radius 1 is 1.23 bits per heavy atom. The van der Waals surface area contributed by atoms with Gasteiger partial charge in [0.15, 0.2) is 0 Å². The first-order valence-electron chi connectivity index (χ1n) is 2.83. The van der Waals surface area contributed by atoms with Crippen molar-refractivity contribution in [1.82, 2.24) is 0 Å². The monoisotopic (exact) mass is 237 g/mol. The van der Waals surface area contributed by atoms with Gasteiger partial charge in [-0.2, -0.15) is 8.42 Å². The van der Waals surface area contributed by atoms with Crippen LogP contribution in [0.5, 0.6) is 0 Å². The van der Waals surface area contributed by atoms with Gasteiger partial charge >= 0.3 is 80.9 Å². The predicted molar refractivity (Wildman–Crippen MR) is 42.9 cm³/mol. The first-order valence-corrected chi connectivity index (χ1v) is 4.27. The number of hydrogen-bond acceptors (Lipinski definition) is 3. The summed E-state index contributed by atoms with van der Waals surface area (Å²) in [6.07, 6.45) is 0. The van der Waals surface area contributed by atoms with Crippen molar-refractivity contribution in [3.8, 4) is 0 Å². The second kappa shape index (κ2) is 6.94. The van der Waals surface area contributed by atoms with Crippen molar-refractivity contribution in [1.29, 1.82) is 0 Å². The van der Waals surface area contributed by atoms with Gasteiger partial charge < -0.3 is 8.59 Å². The molecule has 0 unspecified atom stereocenters. The quantitative estimate of drug-likeness (QED) is 0.290. The second-order valence-electron chi connectivity index (χ2n) is 2.04. The Morgan fingerprint density at radius 3 is 1.92 bits per heavy atom. The zero-order valence-corrected chi connectivity index (χ0v) is 13.5. The van der Waals surface area contributed by atoms with Gasteiger partial charge in [0.2, 0.25) is 0 Å². The Kier molecular flexibility index (Phi) is 9.07. The van der Waals surface area contributed by atoms with Crippen molar-refractivity contribution in [2.24, 2.45) is 0 Å². The van der Waals surface area contributed by atoms with E-state index in [-0.39, 0.29) is 88.7 Å². The normalized spacial score (nSPS) is 9.62. The smallest absolute Gasteiger partial charge is 1.00 e. The molecule has 0 amide bonds. The Morgan fingerprint density at radius 2 is 1.62 bits per heavy atom. The van der Waals surface area contributed by atoms with Crippen LogP contribution in [0.4, 0.5) is 5.69 Å². The molecule has 0 fully saturated rings. The van der Waals surface area contributed by atoms with E-state index in [1.54, 1.807) is 0 Å². The second-order valence-corrected chi connectivity index (χ2v) is 3.47. The molecule has 0 aliphatic rings. The van der Waals surface area contributed by atoms with E-state index in [1.807, 2.05) is 0 Å². The zero-order chi connectivity index (χ0) is 8.48. The predicted octanol–water partition coefficient (Wildman–Crippen LogP) is -5.25. The van der Waals surface area contributed by atoms with E-state index in [9.17, 15) is 8.42 Å². The molecule has 0 aromatic heterocycles. The van der Waals surface area contributed by atoms with Crippen LogP contribution in [0.15, 0.2) is 29.2 Å². The third kappa shape index (κ3) is 5.88. The molecule has 13 heavy (non-hydrogen) atoms. The number of hydrogen-bond donors (Lipinski definition) is 2. The molecule has 0 aliphatic carbocycles. The Labute approximate surface area is 145 Å². The maximum atomic E-state index is 10.5. The number of nitrogen functional groups attached to an aromatic ring is 1. The average Bonchev–Trinajstić information content (AvgIpc) is 1.86. The van der Waals surface area contributed by atoms with Crippen molar-refractivity contribution in [2.75, 3.05) is 5.73 Å². The molecule has 1 aromatic rings.